The molecule has 0 unspecified atom stereocenters. The number of imidazole rings is 1. The van der Waals surface area contributed by atoms with E-state index in [1.54, 1.807) is 40.9 Å². The first kappa shape index (κ1) is 23.3. The Bertz CT molecular complexity index is 1680. The predicted molar refractivity (Wildman–Crippen MR) is 135 cm³/mol. The second-order valence-electron chi connectivity index (χ2n) is 8.94. The first-order chi connectivity index (χ1) is 17.9. The van der Waals surface area contributed by atoms with E-state index in [0.717, 1.165) is 30.5 Å². The van der Waals surface area contributed by atoms with E-state index < -0.39 is 11.6 Å². The maximum atomic E-state index is 14.3. The minimum absolute atomic E-state index is 0.192. The number of hydrogen-bond acceptors (Lipinski definition) is 4. The molecule has 0 aliphatic heterocycles. The molecule has 186 valence electrons. The van der Waals surface area contributed by atoms with Crippen LogP contribution in [-0.2, 0) is 6.54 Å². The molecule has 1 aliphatic rings. The molecule has 5 aromatic rings. The van der Waals surface area contributed by atoms with E-state index in [4.69, 9.17) is 11.6 Å². The SMILES string of the molecule is O=C(NC1CC1)c1ccc(-c2cnc3c(NCc4ccc(F)cc4)nc4cc(F)c(F)cc4n23)cc1Cl. The third kappa shape index (κ3) is 4.46. The first-order valence-electron chi connectivity index (χ1n) is 11.6. The standard InChI is InChI=1S/C27H19ClF3N5O/c28-19-9-15(3-8-18(19)27(37)34-17-6-7-17)24-13-33-26-25(32-12-14-1-4-16(29)5-2-14)35-22-10-20(30)21(31)11-23(22)36(24)26/h1-5,8-11,13,17H,6-7,12H2,(H,32,35)(H,34,37). The van der Waals surface area contributed by atoms with Crippen molar-refractivity contribution in [2.24, 2.45) is 0 Å². The molecule has 37 heavy (non-hydrogen) atoms. The topological polar surface area (TPSA) is 71.3 Å². The number of amides is 1. The van der Waals surface area contributed by atoms with E-state index in [2.05, 4.69) is 20.6 Å². The van der Waals surface area contributed by atoms with Crippen LogP contribution in [0.15, 0.2) is 60.8 Å². The number of rotatable bonds is 6. The van der Waals surface area contributed by atoms with Gasteiger partial charge in [-0.15, -0.1) is 0 Å². The van der Waals surface area contributed by atoms with Crippen LogP contribution < -0.4 is 10.6 Å². The van der Waals surface area contributed by atoms with Gasteiger partial charge < -0.3 is 10.6 Å². The van der Waals surface area contributed by atoms with Crippen LogP contribution in [0.3, 0.4) is 0 Å². The van der Waals surface area contributed by atoms with Crippen molar-refractivity contribution in [2.45, 2.75) is 25.4 Å². The molecule has 2 aromatic heterocycles. The Hall–Kier alpha value is -4.11. The van der Waals surface area contributed by atoms with Gasteiger partial charge in [0.25, 0.3) is 5.91 Å². The highest BCUT2D eigenvalue weighted by atomic mass is 35.5. The Labute approximate surface area is 214 Å². The Balaban J connectivity index is 1.45. The molecule has 0 atom stereocenters. The van der Waals surface area contributed by atoms with Gasteiger partial charge in [-0.3, -0.25) is 9.20 Å². The third-order valence-corrected chi connectivity index (χ3v) is 6.57. The Morgan fingerprint density at radius 1 is 1.03 bits per heavy atom. The van der Waals surface area contributed by atoms with Crippen LogP contribution >= 0.6 is 11.6 Å². The Morgan fingerprint density at radius 2 is 1.78 bits per heavy atom. The summed E-state index contributed by atoms with van der Waals surface area (Å²) in [5.74, 6) is -2.30. The summed E-state index contributed by atoms with van der Waals surface area (Å²) < 4.78 is 43.4. The monoisotopic (exact) mass is 521 g/mol. The molecular formula is C27H19ClF3N5O. The lowest BCUT2D eigenvalue weighted by Crippen LogP contribution is -2.25. The highest BCUT2D eigenvalue weighted by Gasteiger charge is 2.25. The molecule has 0 saturated heterocycles. The van der Waals surface area contributed by atoms with E-state index in [-0.39, 0.29) is 28.3 Å². The maximum Gasteiger partial charge on any atom is 0.253 e. The molecule has 6 nitrogen and oxygen atoms in total. The number of halogens is 4. The van der Waals surface area contributed by atoms with Gasteiger partial charge >= 0.3 is 0 Å². The fourth-order valence-electron chi connectivity index (χ4n) is 4.19. The van der Waals surface area contributed by atoms with E-state index >= 15 is 0 Å². The number of carbonyl (C=O) groups excluding carboxylic acids is 1. The van der Waals surface area contributed by atoms with Crippen molar-refractivity contribution in [1.29, 1.82) is 0 Å². The predicted octanol–water partition coefficient (Wildman–Crippen LogP) is 6.12. The fraction of sp³-hybridized carbons (Fsp3) is 0.148. The van der Waals surface area contributed by atoms with Gasteiger partial charge in [-0.25, -0.2) is 23.1 Å². The first-order valence-corrected chi connectivity index (χ1v) is 12.0. The van der Waals surface area contributed by atoms with E-state index in [1.807, 2.05) is 0 Å². The molecule has 0 spiro atoms. The number of aromatic nitrogens is 3. The molecule has 6 rings (SSSR count). The van der Waals surface area contributed by atoms with Gasteiger partial charge in [-0.05, 0) is 42.7 Å². The zero-order chi connectivity index (χ0) is 25.7. The zero-order valence-electron chi connectivity index (χ0n) is 19.2. The second-order valence-corrected chi connectivity index (χ2v) is 9.35. The van der Waals surface area contributed by atoms with Gasteiger partial charge in [0, 0.05) is 30.3 Å². The molecule has 10 heteroatoms. The summed E-state index contributed by atoms with van der Waals surface area (Å²) in [6, 6.07) is 13.3. The third-order valence-electron chi connectivity index (χ3n) is 6.26. The molecule has 3 aromatic carbocycles. The number of fused-ring (bicyclic) bond motifs is 3. The lowest BCUT2D eigenvalue weighted by molar-refractivity contribution is 0.0951. The highest BCUT2D eigenvalue weighted by Crippen LogP contribution is 2.32. The zero-order valence-corrected chi connectivity index (χ0v) is 20.0. The van der Waals surface area contributed by atoms with Gasteiger partial charge in [0.15, 0.2) is 23.1 Å². The average molecular weight is 522 g/mol. The summed E-state index contributed by atoms with van der Waals surface area (Å²) in [4.78, 5) is 21.5. The molecule has 1 fully saturated rings. The number of anilines is 1. The fourth-order valence-corrected chi connectivity index (χ4v) is 4.45. The van der Waals surface area contributed by atoms with Crippen molar-refractivity contribution < 1.29 is 18.0 Å². The lowest BCUT2D eigenvalue weighted by atomic mass is 10.1. The number of nitrogens with one attached hydrogen (secondary N) is 2. The van der Waals surface area contributed by atoms with E-state index in [9.17, 15) is 18.0 Å². The Kier molecular flexibility index (Phi) is 5.72. The molecule has 2 N–H and O–H groups in total. The summed E-state index contributed by atoms with van der Waals surface area (Å²) in [6.45, 7) is 0.303. The number of carbonyl (C=O) groups is 1. The van der Waals surface area contributed by atoms with Crippen molar-refractivity contribution in [2.75, 3.05) is 5.32 Å². The van der Waals surface area contributed by atoms with Gasteiger partial charge in [-0.1, -0.05) is 29.8 Å². The lowest BCUT2D eigenvalue weighted by Gasteiger charge is -2.13. The van der Waals surface area contributed by atoms with Gasteiger partial charge in [0.05, 0.1) is 33.5 Å². The summed E-state index contributed by atoms with van der Waals surface area (Å²) >= 11 is 6.47. The minimum atomic E-state index is -1.03. The van der Waals surface area contributed by atoms with Crippen molar-refractivity contribution >= 4 is 40.0 Å². The quantitative estimate of drug-likeness (QED) is 0.282. The largest absolute Gasteiger partial charge is 0.363 e. The molecule has 1 saturated carbocycles. The summed E-state index contributed by atoms with van der Waals surface area (Å²) in [5, 5.41) is 6.34. The number of benzene rings is 3. The van der Waals surface area contributed by atoms with Gasteiger partial charge in [0.1, 0.15) is 5.82 Å². The smallest absolute Gasteiger partial charge is 0.253 e. The van der Waals surface area contributed by atoms with Crippen LogP contribution in [0.2, 0.25) is 5.02 Å². The van der Waals surface area contributed by atoms with Crippen LogP contribution in [0.4, 0.5) is 19.0 Å². The molecule has 1 amide bonds. The van der Waals surface area contributed by atoms with Crippen LogP contribution in [0.1, 0.15) is 28.8 Å². The molecule has 0 radical (unpaired) electrons. The summed E-state index contributed by atoms with van der Waals surface area (Å²) in [5.41, 5.74) is 3.22. The van der Waals surface area contributed by atoms with Crippen molar-refractivity contribution in [1.82, 2.24) is 19.7 Å². The second kappa shape index (κ2) is 9.08. The van der Waals surface area contributed by atoms with Crippen LogP contribution in [0, 0.1) is 17.5 Å². The average Bonchev–Trinajstić information content (AvgIpc) is 3.58. The molecule has 2 heterocycles. The van der Waals surface area contributed by atoms with Gasteiger partial charge in [0.2, 0.25) is 0 Å². The maximum absolute atomic E-state index is 14.3. The highest BCUT2D eigenvalue weighted by molar-refractivity contribution is 6.34. The van der Waals surface area contributed by atoms with E-state index in [1.165, 1.54) is 12.1 Å². The molecule has 1 aliphatic carbocycles. The molecular weight excluding hydrogens is 503 g/mol. The Morgan fingerprint density at radius 3 is 2.51 bits per heavy atom. The van der Waals surface area contributed by atoms with Crippen molar-refractivity contribution in [3.63, 3.8) is 0 Å². The summed E-state index contributed by atoms with van der Waals surface area (Å²) in [7, 11) is 0. The summed E-state index contributed by atoms with van der Waals surface area (Å²) in [6.07, 6.45) is 3.49. The van der Waals surface area contributed by atoms with Crippen LogP contribution in [-0.4, -0.2) is 26.3 Å². The van der Waals surface area contributed by atoms with Crippen molar-refractivity contribution in [3.05, 3.63) is 94.4 Å². The van der Waals surface area contributed by atoms with Crippen molar-refractivity contribution in [3.8, 4) is 11.3 Å². The van der Waals surface area contributed by atoms with Gasteiger partial charge in [-0.2, -0.15) is 0 Å². The van der Waals surface area contributed by atoms with E-state index in [0.29, 0.717) is 40.3 Å². The molecule has 0 bridgehead atoms. The van der Waals surface area contributed by atoms with Crippen LogP contribution in [0.5, 0.6) is 0 Å². The number of hydrogen-bond donors (Lipinski definition) is 2. The minimum Gasteiger partial charge on any atom is -0.363 e. The van der Waals surface area contributed by atoms with Crippen LogP contribution in [0.25, 0.3) is 27.9 Å². The number of nitrogens with zero attached hydrogens (tertiary/aromatic N) is 3. The normalized spacial score (nSPS) is 13.3.